The summed E-state index contributed by atoms with van der Waals surface area (Å²) in [6.07, 6.45) is 4.18. The number of hydrogen-bond acceptors (Lipinski definition) is 5. The van der Waals surface area contributed by atoms with Gasteiger partial charge in [-0.2, -0.15) is 0 Å². The largest absolute Gasteiger partial charge is 0.459 e. The minimum Gasteiger partial charge on any atom is -0.459 e. The molecule has 1 aliphatic rings. The second-order valence-electron chi connectivity index (χ2n) is 6.26. The van der Waals surface area contributed by atoms with E-state index in [1.165, 1.54) is 18.4 Å². The summed E-state index contributed by atoms with van der Waals surface area (Å²) in [5, 5.41) is 0.796. The van der Waals surface area contributed by atoms with Gasteiger partial charge in [0, 0.05) is 32.3 Å². The number of furan rings is 1. The number of benzene rings is 1. The number of ether oxygens (including phenoxy) is 1. The monoisotopic (exact) mass is 436 g/mol. The molecule has 2 heterocycles. The molecule has 9 heteroatoms. The predicted octanol–water partition coefficient (Wildman–Crippen LogP) is 3.13. The molecule has 2 amide bonds. The molecule has 3 rings (SSSR count). The fraction of sp³-hybridized carbons (Fsp3) is 0.250. The molecule has 0 unspecified atom stereocenters. The molecular formula is C20H18Cl2N2O5. The molecule has 152 valence electrons. The van der Waals surface area contributed by atoms with Crippen molar-refractivity contribution in [3.8, 4) is 0 Å². The Morgan fingerprint density at radius 2 is 1.76 bits per heavy atom. The highest BCUT2D eigenvalue weighted by atomic mass is 35.5. The van der Waals surface area contributed by atoms with Crippen molar-refractivity contribution in [2.45, 2.75) is 0 Å². The van der Waals surface area contributed by atoms with E-state index in [0.717, 1.165) is 0 Å². The molecule has 0 bridgehead atoms. The molecule has 0 atom stereocenters. The van der Waals surface area contributed by atoms with Crippen molar-refractivity contribution in [1.82, 2.24) is 9.80 Å². The van der Waals surface area contributed by atoms with E-state index < -0.39 is 5.97 Å². The van der Waals surface area contributed by atoms with Crippen LogP contribution in [0.15, 0.2) is 47.1 Å². The van der Waals surface area contributed by atoms with Crippen LogP contribution in [0.4, 0.5) is 0 Å². The Bertz CT molecular complexity index is 919. The minimum absolute atomic E-state index is 0.207. The van der Waals surface area contributed by atoms with Crippen molar-refractivity contribution in [2.75, 3.05) is 32.8 Å². The zero-order valence-corrected chi connectivity index (χ0v) is 16.9. The van der Waals surface area contributed by atoms with E-state index >= 15 is 0 Å². The smallest absolute Gasteiger partial charge is 0.331 e. The predicted molar refractivity (Wildman–Crippen MR) is 108 cm³/mol. The lowest BCUT2D eigenvalue weighted by Gasteiger charge is -2.34. The minimum atomic E-state index is -0.643. The third-order valence-corrected chi connectivity index (χ3v) is 5.08. The molecule has 1 saturated heterocycles. The first-order chi connectivity index (χ1) is 13.9. The van der Waals surface area contributed by atoms with Crippen molar-refractivity contribution in [3.63, 3.8) is 0 Å². The van der Waals surface area contributed by atoms with Crippen LogP contribution in [0.3, 0.4) is 0 Å². The topological polar surface area (TPSA) is 80.1 Å². The van der Waals surface area contributed by atoms with Crippen LogP contribution in [0.1, 0.15) is 16.1 Å². The number of halogens is 2. The standard InChI is InChI=1S/C20H18Cl2N2O5/c21-15-5-3-14(12-16(15)22)4-6-19(26)29-13-18(25)23-7-9-24(10-8-23)20(27)17-2-1-11-28-17/h1-6,11-12H,7-10,13H2/b6-4+. The molecule has 1 aromatic heterocycles. The maximum Gasteiger partial charge on any atom is 0.331 e. The number of rotatable bonds is 5. The highest BCUT2D eigenvalue weighted by Gasteiger charge is 2.26. The van der Waals surface area contributed by atoms with Gasteiger partial charge in [-0.3, -0.25) is 9.59 Å². The maximum atomic E-state index is 12.2. The van der Waals surface area contributed by atoms with Crippen molar-refractivity contribution < 1.29 is 23.5 Å². The van der Waals surface area contributed by atoms with Gasteiger partial charge in [0.2, 0.25) is 0 Å². The summed E-state index contributed by atoms with van der Waals surface area (Å²) in [5.74, 6) is -0.893. The fourth-order valence-electron chi connectivity index (χ4n) is 2.77. The lowest BCUT2D eigenvalue weighted by molar-refractivity contribution is -0.148. The molecule has 0 spiro atoms. The molecule has 0 aliphatic carbocycles. The molecule has 0 N–H and O–H groups in total. The van der Waals surface area contributed by atoms with Crippen molar-refractivity contribution in [3.05, 3.63) is 64.0 Å². The summed E-state index contributed by atoms with van der Waals surface area (Å²) in [4.78, 5) is 39.5. The molecule has 0 saturated carbocycles. The Morgan fingerprint density at radius 1 is 1.03 bits per heavy atom. The Hall–Kier alpha value is -2.77. The summed E-state index contributed by atoms with van der Waals surface area (Å²) in [6.45, 7) is 1.13. The molecule has 1 fully saturated rings. The van der Waals surface area contributed by atoms with E-state index in [2.05, 4.69) is 0 Å². The van der Waals surface area contributed by atoms with Gasteiger partial charge in [-0.25, -0.2) is 4.79 Å². The van der Waals surface area contributed by atoms with Gasteiger partial charge >= 0.3 is 5.97 Å². The normalized spacial score (nSPS) is 14.3. The summed E-state index contributed by atoms with van der Waals surface area (Å²) in [5.41, 5.74) is 0.681. The number of piperazine rings is 1. The molecule has 2 aromatic rings. The lowest BCUT2D eigenvalue weighted by Crippen LogP contribution is -2.51. The number of amides is 2. The second-order valence-corrected chi connectivity index (χ2v) is 7.08. The number of carbonyl (C=O) groups excluding carboxylic acids is 3. The van der Waals surface area contributed by atoms with E-state index in [0.29, 0.717) is 41.8 Å². The molecule has 29 heavy (non-hydrogen) atoms. The number of hydrogen-bond donors (Lipinski definition) is 0. The number of nitrogens with zero attached hydrogens (tertiary/aromatic N) is 2. The number of esters is 1. The Balaban J connectivity index is 1.42. The van der Waals surface area contributed by atoms with Crippen LogP contribution in [-0.2, 0) is 14.3 Å². The van der Waals surface area contributed by atoms with Gasteiger partial charge in [-0.1, -0.05) is 29.3 Å². The van der Waals surface area contributed by atoms with Gasteiger partial charge in [0.25, 0.3) is 11.8 Å². The lowest BCUT2D eigenvalue weighted by atomic mass is 10.2. The van der Waals surface area contributed by atoms with E-state index in [9.17, 15) is 14.4 Å². The van der Waals surface area contributed by atoms with Crippen molar-refractivity contribution in [2.24, 2.45) is 0 Å². The highest BCUT2D eigenvalue weighted by molar-refractivity contribution is 6.42. The Labute approximate surface area is 177 Å². The van der Waals surface area contributed by atoms with Gasteiger partial charge in [0.15, 0.2) is 12.4 Å². The van der Waals surface area contributed by atoms with Crippen LogP contribution >= 0.6 is 23.2 Å². The molecule has 1 aromatic carbocycles. The summed E-state index contributed by atoms with van der Waals surface area (Å²) in [6, 6.07) is 8.19. The SMILES string of the molecule is O=C(/C=C/c1ccc(Cl)c(Cl)c1)OCC(=O)N1CCN(C(=O)c2ccco2)CC1. The summed E-state index contributed by atoms with van der Waals surface area (Å²) >= 11 is 11.8. The molecule has 0 radical (unpaired) electrons. The van der Waals surface area contributed by atoms with Crippen LogP contribution in [-0.4, -0.2) is 60.4 Å². The van der Waals surface area contributed by atoms with Crippen LogP contribution in [0.5, 0.6) is 0 Å². The number of carbonyl (C=O) groups is 3. The fourth-order valence-corrected chi connectivity index (χ4v) is 3.07. The molecular weight excluding hydrogens is 419 g/mol. The summed E-state index contributed by atoms with van der Waals surface area (Å²) < 4.78 is 10.1. The second kappa shape index (κ2) is 9.62. The Morgan fingerprint density at radius 3 is 2.41 bits per heavy atom. The third kappa shape index (κ3) is 5.62. The average molecular weight is 437 g/mol. The quantitative estimate of drug-likeness (QED) is 0.531. The Kier molecular flexibility index (Phi) is 6.95. The van der Waals surface area contributed by atoms with Gasteiger partial charge < -0.3 is 19.0 Å². The van der Waals surface area contributed by atoms with Crippen molar-refractivity contribution in [1.29, 1.82) is 0 Å². The van der Waals surface area contributed by atoms with Gasteiger partial charge in [-0.15, -0.1) is 0 Å². The third-order valence-electron chi connectivity index (χ3n) is 4.34. The van der Waals surface area contributed by atoms with E-state index in [1.807, 2.05) is 0 Å². The summed E-state index contributed by atoms with van der Waals surface area (Å²) in [7, 11) is 0. The zero-order valence-electron chi connectivity index (χ0n) is 15.3. The van der Waals surface area contributed by atoms with Crippen LogP contribution in [0.25, 0.3) is 6.08 Å². The van der Waals surface area contributed by atoms with Gasteiger partial charge in [0.1, 0.15) is 0 Å². The van der Waals surface area contributed by atoms with Crippen LogP contribution in [0, 0.1) is 0 Å². The van der Waals surface area contributed by atoms with E-state index in [1.54, 1.807) is 40.1 Å². The first kappa shape index (κ1) is 21.0. The van der Waals surface area contributed by atoms with Crippen molar-refractivity contribution >= 4 is 47.1 Å². The van der Waals surface area contributed by atoms with E-state index in [4.69, 9.17) is 32.4 Å². The van der Waals surface area contributed by atoms with Gasteiger partial charge in [-0.05, 0) is 35.9 Å². The van der Waals surface area contributed by atoms with Gasteiger partial charge in [0.05, 0.1) is 16.3 Å². The average Bonchev–Trinajstić information content (AvgIpc) is 3.27. The first-order valence-electron chi connectivity index (χ1n) is 8.84. The molecule has 1 aliphatic heterocycles. The molecule has 7 nitrogen and oxygen atoms in total. The van der Waals surface area contributed by atoms with E-state index in [-0.39, 0.29) is 24.2 Å². The maximum absolute atomic E-state index is 12.2. The zero-order chi connectivity index (χ0) is 20.8. The highest BCUT2D eigenvalue weighted by Crippen LogP contribution is 2.23. The van der Waals surface area contributed by atoms with Crippen LogP contribution < -0.4 is 0 Å². The first-order valence-corrected chi connectivity index (χ1v) is 9.60. The van der Waals surface area contributed by atoms with Crippen LogP contribution in [0.2, 0.25) is 10.0 Å².